The molecule has 0 spiro atoms. The molecule has 1 unspecified atom stereocenters. The largest absolute Gasteiger partial charge is 0.489 e. The summed E-state index contributed by atoms with van der Waals surface area (Å²) >= 11 is 0. The maximum Gasteiger partial charge on any atom is 0.409 e. The SMILES string of the molecule is Cc1nc(-c2nnn(C)c2COC(=O)N(C)CC2COCCN2)ccc1OC1CCCCC1. The molecule has 180 valence electrons. The molecule has 2 aliphatic rings. The molecule has 3 heterocycles. The van der Waals surface area contributed by atoms with E-state index in [1.54, 1.807) is 23.7 Å². The number of nitrogens with one attached hydrogen (secondary N) is 1. The third-order valence-corrected chi connectivity index (χ3v) is 6.21. The number of rotatable bonds is 7. The van der Waals surface area contributed by atoms with Gasteiger partial charge in [0.1, 0.15) is 23.7 Å². The number of amides is 1. The van der Waals surface area contributed by atoms with E-state index in [9.17, 15) is 4.79 Å². The van der Waals surface area contributed by atoms with Gasteiger partial charge in [-0.3, -0.25) is 0 Å². The summed E-state index contributed by atoms with van der Waals surface area (Å²) in [6.07, 6.45) is 5.78. The Balaban J connectivity index is 1.38. The molecule has 10 nitrogen and oxygen atoms in total. The molecule has 1 saturated carbocycles. The summed E-state index contributed by atoms with van der Waals surface area (Å²) in [5, 5.41) is 11.7. The number of aromatic nitrogens is 4. The summed E-state index contributed by atoms with van der Waals surface area (Å²) in [5.41, 5.74) is 2.78. The van der Waals surface area contributed by atoms with E-state index < -0.39 is 6.09 Å². The van der Waals surface area contributed by atoms with Crippen molar-refractivity contribution in [1.82, 2.24) is 30.2 Å². The van der Waals surface area contributed by atoms with Crippen molar-refractivity contribution in [2.45, 2.75) is 57.8 Å². The number of ether oxygens (including phenoxy) is 3. The number of morpholine rings is 1. The second kappa shape index (κ2) is 10.9. The topological polar surface area (TPSA) is 104 Å². The van der Waals surface area contributed by atoms with Crippen molar-refractivity contribution in [3.05, 3.63) is 23.5 Å². The van der Waals surface area contributed by atoms with Gasteiger partial charge >= 0.3 is 6.09 Å². The maximum atomic E-state index is 12.5. The lowest BCUT2D eigenvalue weighted by atomic mass is 9.98. The minimum absolute atomic E-state index is 0.0532. The van der Waals surface area contributed by atoms with Crippen molar-refractivity contribution in [3.63, 3.8) is 0 Å². The first-order valence-corrected chi connectivity index (χ1v) is 11.7. The van der Waals surface area contributed by atoms with Gasteiger partial charge in [-0.05, 0) is 44.7 Å². The minimum Gasteiger partial charge on any atom is -0.489 e. The van der Waals surface area contributed by atoms with E-state index in [-0.39, 0.29) is 18.8 Å². The molecule has 1 N–H and O–H groups in total. The lowest BCUT2D eigenvalue weighted by molar-refractivity contribution is 0.0572. The summed E-state index contributed by atoms with van der Waals surface area (Å²) < 4.78 is 18.8. The van der Waals surface area contributed by atoms with Crippen LogP contribution in [0.25, 0.3) is 11.4 Å². The molecule has 2 fully saturated rings. The fourth-order valence-corrected chi connectivity index (χ4v) is 4.29. The van der Waals surface area contributed by atoms with Gasteiger partial charge in [-0.1, -0.05) is 11.6 Å². The molecule has 0 bridgehead atoms. The van der Waals surface area contributed by atoms with Gasteiger partial charge in [0, 0.05) is 33.2 Å². The lowest BCUT2D eigenvalue weighted by Gasteiger charge is -2.27. The van der Waals surface area contributed by atoms with Crippen LogP contribution in [0.3, 0.4) is 0 Å². The maximum absolute atomic E-state index is 12.5. The highest BCUT2D eigenvalue weighted by Crippen LogP contribution is 2.28. The molecule has 33 heavy (non-hydrogen) atoms. The third-order valence-electron chi connectivity index (χ3n) is 6.21. The van der Waals surface area contributed by atoms with Crippen LogP contribution in [-0.4, -0.2) is 76.5 Å². The van der Waals surface area contributed by atoms with Gasteiger partial charge in [0.2, 0.25) is 0 Å². The smallest absolute Gasteiger partial charge is 0.409 e. The molecule has 1 aliphatic carbocycles. The zero-order chi connectivity index (χ0) is 23.2. The molecular formula is C23H34N6O4. The Morgan fingerprint density at radius 2 is 2.12 bits per heavy atom. The Labute approximate surface area is 194 Å². The van der Waals surface area contributed by atoms with Crippen LogP contribution in [0.2, 0.25) is 0 Å². The summed E-state index contributed by atoms with van der Waals surface area (Å²) in [6.45, 7) is 4.57. The molecule has 1 atom stereocenters. The zero-order valence-electron chi connectivity index (χ0n) is 19.7. The van der Waals surface area contributed by atoms with Gasteiger partial charge in [-0.25, -0.2) is 14.5 Å². The predicted octanol–water partition coefficient (Wildman–Crippen LogP) is 2.45. The van der Waals surface area contributed by atoms with Crippen LogP contribution in [0.15, 0.2) is 12.1 Å². The highest BCUT2D eigenvalue weighted by atomic mass is 16.6. The first-order valence-electron chi connectivity index (χ1n) is 11.7. The number of pyridine rings is 1. The lowest BCUT2D eigenvalue weighted by Crippen LogP contribution is -2.48. The fourth-order valence-electron chi connectivity index (χ4n) is 4.29. The van der Waals surface area contributed by atoms with Crippen LogP contribution in [0, 0.1) is 6.92 Å². The number of hydrogen-bond donors (Lipinski definition) is 1. The van der Waals surface area contributed by atoms with Crippen molar-refractivity contribution in [2.75, 3.05) is 33.4 Å². The van der Waals surface area contributed by atoms with E-state index in [2.05, 4.69) is 15.6 Å². The van der Waals surface area contributed by atoms with Crippen molar-refractivity contribution in [1.29, 1.82) is 0 Å². The molecule has 0 aromatic carbocycles. The molecule has 2 aromatic rings. The summed E-state index contributed by atoms with van der Waals surface area (Å²) in [7, 11) is 3.50. The average molecular weight is 459 g/mol. The van der Waals surface area contributed by atoms with Crippen LogP contribution in [-0.2, 0) is 23.1 Å². The van der Waals surface area contributed by atoms with Gasteiger partial charge in [-0.2, -0.15) is 0 Å². The third kappa shape index (κ3) is 6.00. The molecule has 1 saturated heterocycles. The standard InChI is InChI=1S/C23H34N6O4/c1-16-21(33-18-7-5-4-6-8-18)10-9-19(25-16)22-20(29(3)27-26-22)15-32-23(30)28(2)13-17-14-31-12-11-24-17/h9-10,17-18,24H,4-8,11-15H2,1-3H3. The molecule has 0 radical (unpaired) electrons. The van der Waals surface area contributed by atoms with Crippen molar-refractivity contribution in [3.8, 4) is 17.1 Å². The van der Waals surface area contributed by atoms with Gasteiger partial charge in [0.25, 0.3) is 0 Å². The van der Waals surface area contributed by atoms with Gasteiger partial charge in [0.05, 0.1) is 30.7 Å². The van der Waals surface area contributed by atoms with Crippen LogP contribution < -0.4 is 10.1 Å². The normalized spacial score (nSPS) is 19.3. The Kier molecular flexibility index (Phi) is 7.77. The first-order chi connectivity index (χ1) is 16.0. The van der Waals surface area contributed by atoms with Crippen molar-refractivity contribution in [2.24, 2.45) is 7.05 Å². The van der Waals surface area contributed by atoms with Gasteiger partial charge < -0.3 is 24.4 Å². The number of carbonyl (C=O) groups is 1. The van der Waals surface area contributed by atoms with Gasteiger partial charge in [0.15, 0.2) is 0 Å². The highest BCUT2D eigenvalue weighted by molar-refractivity contribution is 5.67. The van der Waals surface area contributed by atoms with E-state index in [4.69, 9.17) is 19.2 Å². The zero-order valence-corrected chi connectivity index (χ0v) is 19.7. The average Bonchev–Trinajstić information content (AvgIpc) is 3.20. The molecular weight excluding hydrogens is 424 g/mol. The van der Waals surface area contributed by atoms with Crippen LogP contribution in [0.1, 0.15) is 43.5 Å². The number of nitrogens with zero attached hydrogens (tertiary/aromatic N) is 5. The van der Waals surface area contributed by atoms with E-state index in [1.165, 1.54) is 19.3 Å². The fraction of sp³-hybridized carbons (Fsp3) is 0.652. The van der Waals surface area contributed by atoms with E-state index in [0.717, 1.165) is 30.8 Å². The van der Waals surface area contributed by atoms with E-state index >= 15 is 0 Å². The molecule has 10 heteroatoms. The van der Waals surface area contributed by atoms with Crippen molar-refractivity contribution >= 4 is 6.09 Å². The second-order valence-corrected chi connectivity index (χ2v) is 8.83. The van der Waals surface area contributed by atoms with Gasteiger partial charge in [-0.15, -0.1) is 5.10 Å². The summed E-state index contributed by atoms with van der Waals surface area (Å²) in [6, 6.07) is 3.94. The number of likely N-dealkylation sites (N-methyl/N-ethyl adjacent to an activating group) is 1. The molecule has 2 aromatic heterocycles. The highest BCUT2D eigenvalue weighted by Gasteiger charge is 2.22. The van der Waals surface area contributed by atoms with E-state index in [0.29, 0.717) is 36.8 Å². The van der Waals surface area contributed by atoms with Crippen LogP contribution >= 0.6 is 0 Å². The van der Waals surface area contributed by atoms with Crippen LogP contribution in [0.4, 0.5) is 4.79 Å². The van der Waals surface area contributed by atoms with Crippen LogP contribution in [0.5, 0.6) is 5.75 Å². The second-order valence-electron chi connectivity index (χ2n) is 8.83. The predicted molar refractivity (Wildman–Crippen MR) is 122 cm³/mol. The number of aryl methyl sites for hydroxylation is 2. The Morgan fingerprint density at radius 3 is 2.85 bits per heavy atom. The monoisotopic (exact) mass is 458 g/mol. The van der Waals surface area contributed by atoms with Crippen molar-refractivity contribution < 1.29 is 19.0 Å². The quantitative estimate of drug-likeness (QED) is 0.675. The Hall–Kier alpha value is -2.72. The Morgan fingerprint density at radius 1 is 1.30 bits per heavy atom. The Bertz CT molecular complexity index is 937. The summed E-state index contributed by atoms with van der Waals surface area (Å²) in [5.74, 6) is 0.810. The molecule has 4 rings (SSSR count). The van der Waals surface area contributed by atoms with E-state index in [1.807, 2.05) is 19.1 Å². The molecule has 1 aliphatic heterocycles. The number of hydrogen-bond acceptors (Lipinski definition) is 8. The summed E-state index contributed by atoms with van der Waals surface area (Å²) in [4.78, 5) is 18.8. The molecule has 1 amide bonds. The minimum atomic E-state index is -0.408. The number of carbonyl (C=O) groups excluding carboxylic acids is 1. The first kappa shape index (κ1) is 23.4.